The van der Waals surface area contributed by atoms with Gasteiger partial charge in [-0.1, -0.05) is 54.6 Å². The number of hydrogen-bond acceptors (Lipinski definition) is 0. The molecule has 0 saturated carbocycles. The molecule has 2 aromatic carbocycles. The van der Waals surface area contributed by atoms with Crippen LogP contribution in [0.2, 0.25) is 0 Å². The minimum absolute atomic E-state index is 0.264. The summed E-state index contributed by atoms with van der Waals surface area (Å²) in [5.41, 5.74) is -0.189. The first-order valence-corrected chi connectivity index (χ1v) is 6.70. The van der Waals surface area contributed by atoms with Gasteiger partial charge in [0.2, 0.25) is 0 Å². The Hall–Kier alpha value is -1.70. The topological polar surface area (TPSA) is 0 Å². The maximum atomic E-state index is 15.6. The third-order valence-corrected chi connectivity index (χ3v) is 3.94. The Kier molecular flexibility index (Phi) is 3.09. The van der Waals surface area contributed by atoms with Crippen LogP contribution in [0.4, 0.5) is 8.78 Å². The van der Waals surface area contributed by atoms with Crippen LogP contribution in [0.5, 0.6) is 0 Å². The Morgan fingerprint density at radius 3 is 2.42 bits per heavy atom. The summed E-state index contributed by atoms with van der Waals surface area (Å²) in [5, 5.41) is 0. The van der Waals surface area contributed by atoms with Crippen molar-refractivity contribution in [2.45, 2.75) is 31.1 Å². The molecule has 0 saturated heterocycles. The second-order valence-corrected chi connectivity index (χ2v) is 5.09. The van der Waals surface area contributed by atoms with Crippen molar-refractivity contribution in [2.75, 3.05) is 0 Å². The van der Waals surface area contributed by atoms with Gasteiger partial charge >= 0.3 is 0 Å². The number of fused-ring (bicyclic) bond motifs is 1. The minimum atomic E-state index is -2.02. The van der Waals surface area contributed by atoms with Crippen LogP contribution < -0.4 is 0 Å². The predicted octanol–water partition coefficient (Wildman–Crippen LogP) is 4.57. The van der Waals surface area contributed by atoms with Crippen LogP contribution in [0, 0.1) is 0 Å². The third-order valence-electron chi connectivity index (χ3n) is 3.94. The van der Waals surface area contributed by atoms with Crippen LogP contribution in [-0.4, -0.2) is 6.17 Å². The molecule has 0 aromatic heterocycles. The van der Waals surface area contributed by atoms with Crippen LogP contribution in [0.15, 0.2) is 54.6 Å². The van der Waals surface area contributed by atoms with E-state index in [0.29, 0.717) is 17.5 Å². The number of halogens is 2. The minimum Gasteiger partial charge on any atom is -0.243 e. The number of rotatable bonds is 1. The molecule has 0 heterocycles. The molecule has 0 amide bonds. The second-order valence-electron chi connectivity index (χ2n) is 5.09. The molecule has 1 aliphatic rings. The summed E-state index contributed by atoms with van der Waals surface area (Å²) < 4.78 is 30.1. The maximum Gasteiger partial charge on any atom is 0.192 e. The molecular weight excluding hydrogens is 242 g/mol. The van der Waals surface area contributed by atoms with Gasteiger partial charge in [0.1, 0.15) is 6.17 Å². The molecule has 1 aliphatic carbocycles. The average Bonchev–Trinajstić information content (AvgIpc) is 2.59. The van der Waals surface area contributed by atoms with E-state index in [0.717, 1.165) is 12.0 Å². The lowest BCUT2D eigenvalue weighted by Gasteiger charge is -2.29. The number of benzene rings is 2. The second kappa shape index (κ2) is 4.76. The zero-order valence-corrected chi connectivity index (χ0v) is 10.7. The summed E-state index contributed by atoms with van der Waals surface area (Å²) in [6.45, 7) is 0. The van der Waals surface area contributed by atoms with E-state index in [1.807, 2.05) is 18.2 Å². The molecule has 2 heteroatoms. The van der Waals surface area contributed by atoms with Crippen molar-refractivity contribution in [1.82, 2.24) is 0 Å². The SMILES string of the molecule is F[C@@H]1CCCc2ccccc2[C@]1(F)c1ccccc1. The molecule has 0 aliphatic heterocycles. The molecule has 0 radical (unpaired) electrons. The molecule has 2 atom stereocenters. The van der Waals surface area contributed by atoms with Gasteiger partial charge in [0, 0.05) is 0 Å². The Labute approximate surface area is 112 Å². The van der Waals surface area contributed by atoms with Gasteiger partial charge < -0.3 is 0 Å². The fourth-order valence-corrected chi connectivity index (χ4v) is 2.95. The standard InChI is InChI=1S/C17H16F2/c18-16-12-6-8-13-7-4-5-11-15(13)17(16,19)14-9-2-1-3-10-14/h1-5,7,9-11,16H,6,8,12H2/t16-,17-/m1/s1. The summed E-state index contributed by atoms with van der Waals surface area (Å²) in [6, 6.07) is 16.0. The molecule has 0 fully saturated rings. The Morgan fingerprint density at radius 2 is 1.63 bits per heavy atom. The molecule has 0 spiro atoms. The van der Waals surface area contributed by atoms with Gasteiger partial charge in [-0.25, -0.2) is 8.78 Å². The van der Waals surface area contributed by atoms with Gasteiger partial charge in [-0.05, 0) is 36.0 Å². The first-order valence-electron chi connectivity index (χ1n) is 6.70. The lowest BCUT2D eigenvalue weighted by Crippen LogP contribution is -2.33. The largest absolute Gasteiger partial charge is 0.243 e. The lowest BCUT2D eigenvalue weighted by molar-refractivity contribution is 0.0819. The quantitative estimate of drug-likeness (QED) is 0.657. The van der Waals surface area contributed by atoms with Crippen molar-refractivity contribution in [3.05, 3.63) is 71.3 Å². The van der Waals surface area contributed by atoms with E-state index < -0.39 is 11.8 Å². The summed E-state index contributed by atoms with van der Waals surface area (Å²) in [4.78, 5) is 0. The van der Waals surface area contributed by atoms with Crippen molar-refractivity contribution < 1.29 is 8.78 Å². The zero-order valence-electron chi connectivity index (χ0n) is 10.7. The fourth-order valence-electron chi connectivity index (χ4n) is 2.95. The summed E-state index contributed by atoms with van der Waals surface area (Å²) in [6.07, 6.45) is 0.213. The van der Waals surface area contributed by atoms with Gasteiger partial charge in [-0.15, -0.1) is 0 Å². The number of aryl methyl sites for hydroxylation is 1. The first-order chi connectivity index (χ1) is 9.23. The van der Waals surface area contributed by atoms with Crippen molar-refractivity contribution in [2.24, 2.45) is 0 Å². The smallest absolute Gasteiger partial charge is 0.192 e. The van der Waals surface area contributed by atoms with Crippen LogP contribution in [0.3, 0.4) is 0 Å². The van der Waals surface area contributed by atoms with E-state index in [1.165, 1.54) is 0 Å². The van der Waals surface area contributed by atoms with Crippen LogP contribution >= 0.6 is 0 Å². The molecule has 0 nitrogen and oxygen atoms in total. The first kappa shape index (κ1) is 12.3. The lowest BCUT2D eigenvalue weighted by atomic mass is 9.82. The number of alkyl halides is 2. The highest BCUT2D eigenvalue weighted by Crippen LogP contribution is 2.44. The fraction of sp³-hybridized carbons (Fsp3) is 0.294. The van der Waals surface area contributed by atoms with Gasteiger partial charge in [0.05, 0.1) is 0 Å². The van der Waals surface area contributed by atoms with E-state index in [9.17, 15) is 4.39 Å². The van der Waals surface area contributed by atoms with E-state index in [4.69, 9.17) is 0 Å². The van der Waals surface area contributed by atoms with Crippen molar-refractivity contribution >= 4 is 0 Å². The normalized spacial score (nSPS) is 26.5. The van der Waals surface area contributed by atoms with Crippen LogP contribution in [-0.2, 0) is 12.1 Å². The van der Waals surface area contributed by atoms with Gasteiger partial charge in [-0.2, -0.15) is 0 Å². The van der Waals surface area contributed by atoms with Crippen molar-refractivity contribution in [1.29, 1.82) is 0 Å². The summed E-state index contributed by atoms with van der Waals surface area (Å²) in [7, 11) is 0. The van der Waals surface area contributed by atoms with E-state index in [-0.39, 0.29) is 6.42 Å². The number of hydrogen-bond donors (Lipinski definition) is 0. The van der Waals surface area contributed by atoms with Gasteiger partial charge in [0.15, 0.2) is 5.67 Å². The van der Waals surface area contributed by atoms with E-state index >= 15 is 4.39 Å². The summed E-state index contributed by atoms with van der Waals surface area (Å²) in [5.74, 6) is 0. The third kappa shape index (κ3) is 1.95. The molecule has 2 aromatic rings. The predicted molar refractivity (Wildman–Crippen MR) is 72.6 cm³/mol. The van der Waals surface area contributed by atoms with E-state index in [2.05, 4.69) is 0 Å². The molecule has 0 bridgehead atoms. The summed E-state index contributed by atoms with van der Waals surface area (Å²) >= 11 is 0. The Balaban J connectivity index is 2.22. The Morgan fingerprint density at radius 1 is 0.947 bits per heavy atom. The molecule has 0 unspecified atom stereocenters. The molecule has 98 valence electrons. The van der Waals surface area contributed by atoms with Gasteiger partial charge in [-0.3, -0.25) is 0 Å². The Bertz CT molecular complexity index is 564. The molecule has 3 rings (SSSR count). The zero-order chi connectivity index (χ0) is 13.3. The van der Waals surface area contributed by atoms with Crippen molar-refractivity contribution in [3.63, 3.8) is 0 Å². The van der Waals surface area contributed by atoms with E-state index in [1.54, 1.807) is 36.4 Å². The molecule has 0 N–H and O–H groups in total. The van der Waals surface area contributed by atoms with Crippen molar-refractivity contribution in [3.8, 4) is 0 Å². The van der Waals surface area contributed by atoms with Gasteiger partial charge in [0.25, 0.3) is 0 Å². The molecular formula is C17H16F2. The highest BCUT2D eigenvalue weighted by molar-refractivity contribution is 5.43. The highest BCUT2D eigenvalue weighted by Gasteiger charge is 2.45. The van der Waals surface area contributed by atoms with Crippen LogP contribution in [0.25, 0.3) is 0 Å². The van der Waals surface area contributed by atoms with Crippen LogP contribution in [0.1, 0.15) is 29.5 Å². The maximum absolute atomic E-state index is 15.6. The highest BCUT2D eigenvalue weighted by atomic mass is 19.2. The molecule has 19 heavy (non-hydrogen) atoms. The average molecular weight is 258 g/mol. The monoisotopic (exact) mass is 258 g/mol.